The van der Waals surface area contributed by atoms with Gasteiger partial charge in [-0.05, 0) is 24.3 Å². The molecule has 0 fully saturated rings. The predicted molar refractivity (Wildman–Crippen MR) is 117 cm³/mol. The van der Waals surface area contributed by atoms with E-state index in [1.165, 1.54) is 54.6 Å². The fraction of sp³-hybridized carbons (Fsp3) is 0.0435. The van der Waals surface area contributed by atoms with E-state index in [-0.39, 0.29) is 27.7 Å². The van der Waals surface area contributed by atoms with Crippen LogP contribution in [0.1, 0.15) is 11.1 Å². The summed E-state index contributed by atoms with van der Waals surface area (Å²) in [6, 6.07) is 16.0. The highest BCUT2D eigenvalue weighted by Gasteiger charge is 2.34. The van der Waals surface area contributed by atoms with E-state index in [2.05, 4.69) is 4.99 Å². The minimum absolute atomic E-state index is 0.0283. The average molecular weight is 453 g/mol. The molecule has 166 valence electrons. The summed E-state index contributed by atoms with van der Waals surface area (Å²) in [6.07, 6.45) is -3.70. The number of aromatic nitrogens is 1. The molecule has 7 nitrogen and oxygen atoms in total. The first-order valence-electron chi connectivity index (χ1n) is 9.51. The summed E-state index contributed by atoms with van der Waals surface area (Å²) in [5.41, 5.74) is -2.92. The Labute approximate surface area is 183 Å². The average Bonchev–Trinajstić information content (AvgIpc) is 2.79. The minimum Gasteiger partial charge on any atom is -0.494 e. The molecule has 0 spiro atoms. The number of nitro groups is 1. The zero-order valence-corrected chi connectivity index (χ0v) is 16.7. The first-order valence-corrected chi connectivity index (χ1v) is 9.51. The molecule has 0 aliphatic carbocycles. The number of hydrogen-bond donors (Lipinski definition) is 1. The van der Waals surface area contributed by atoms with Crippen LogP contribution >= 0.6 is 0 Å². The van der Waals surface area contributed by atoms with E-state index in [1.54, 1.807) is 6.07 Å². The molecular formula is C23H14F3N3O4. The molecule has 4 aromatic rings. The second-order valence-electron chi connectivity index (χ2n) is 6.94. The maximum absolute atomic E-state index is 13.6. The first kappa shape index (κ1) is 21.8. The van der Waals surface area contributed by atoms with Crippen LogP contribution in [0.4, 0.5) is 24.5 Å². The SMILES string of the molecule is O=c1c2ccccc2c(C=Nc2ccccc2[N+](=O)[O-])c(O)n1-c1ccccc1C(F)(F)F. The Hall–Kier alpha value is -4.47. The molecule has 0 unspecified atom stereocenters. The van der Waals surface area contributed by atoms with Gasteiger partial charge in [0.25, 0.3) is 11.2 Å². The highest BCUT2D eigenvalue weighted by atomic mass is 19.4. The van der Waals surface area contributed by atoms with Crippen molar-refractivity contribution in [1.29, 1.82) is 0 Å². The Kier molecular flexibility index (Phi) is 5.42. The summed E-state index contributed by atoms with van der Waals surface area (Å²) in [5.74, 6) is -0.780. The highest BCUT2D eigenvalue weighted by molar-refractivity contribution is 6.02. The summed E-state index contributed by atoms with van der Waals surface area (Å²) in [7, 11) is 0. The van der Waals surface area contributed by atoms with Crippen molar-refractivity contribution in [2.45, 2.75) is 6.18 Å². The van der Waals surface area contributed by atoms with Crippen LogP contribution in [-0.2, 0) is 6.18 Å². The Morgan fingerprint density at radius 1 is 0.939 bits per heavy atom. The van der Waals surface area contributed by atoms with Gasteiger partial charge in [0.2, 0.25) is 5.88 Å². The van der Waals surface area contributed by atoms with Gasteiger partial charge in [-0.15, -0.1) is 0 Å². The lowest BCUT2D eigenvalue weighted by Crippen LogP contribution is -2.23. The van der Waals surface area contributed by atoms with Gasteiger partial charge in [0.05, 0.1) is 21.7 Å². The van der Waals surface area contributed by atoms with Crippen LogP contribution in [-0.4, -0.2) is 20.8 Å². The Morgan fingerprint density at radius 3 is 2.24 bits per heavy atom. The number of hydrogen-bond acceptors (Lipinski definition) is 5. The van der Waals surface area contributed by atoms with E-state index in [9.17, 15) is 33.2 Å². The molecular weight excluding hydrogens is 439 g/mol. The van der Waals surface area contributed by atoms with E-state index in [0.717, 1.165) is 18.3 Å². The largest absolute Gasteiger partial charge is 0.494 e. The van der Waals surface area contributed by atoms with Crippen LogP contribution in [0.15, 0.2) is 82.6 Å². The van der Waals surface area contributed by atoms with Crippen molar-refractivity contribution in [2.24, 2.45) is 4.99 Å². The highest BCUT2D eigenvalue weighted by Crippen LogP contribution is 2.36. The van der Waals surface area contributed by atoms with E-state index < -0.39 is 33.8 Å². The van der Waals surface area contributed by atoms with Crippen LogP contribution in [0, 0.1) is 10.1 Å². The lowest BCUT2D eigenvalue weighted by atomic mass is 10.1. The molecule has 0 saturated heterocycles. The van der Waals surface area contributed by atoms with Gasteiger partial charge in [-0.3, -0.25) is 14.9 Å². The summed E-state index contributed by atoms with van der Waals surface area (Å²) in [4.78, 5) is 27.8. The molecule has 1 N–H and O–H groups in total. The topological polar surface area (TPSA) is 97.7 Å². The van der Waals surface area contributed by atoms with Crippen LogP contribution in [0.3, 0.4) is 0 Å². The number of rotatable bonds is 4. The molecule has 0 atom stereocenters. The van der Waals surface area contributed by atoms with Gasteiger partial charge < -0.3 is 5.11 Å². The zero-order chi connectivity index (χ0) is 23.8. The van der Waals surface area contributed by atoms with Crippen molar-refractivity contribution in [3.8, 4) is 11.6 Å². The number of benzene rings is 3. The molecule has 0 saturated carbocycles. The lowest BCUT2D eigenvalue weighted by molar-refractivity contribution is -0.384. The molecule has 10 heteroatoms. The Balaban J connectivity index is 2.03. The van der Waals surface area contributed by atoms with Gasteiger partial charge in [0, 0.05) is 23.1 Å². The van der Waals surface area contributed by atoms with Crippen LogP contribution < -0.4 is 5.56 Å². The number of nitro benzene ring substituents is 1. The number of nitrogens with zero attached hydrogens (tertiary/aromatic N) is 3. The van der Waals surface area contributed by atoms with Crippen molar-refractivity contribution in [3.05, 3.63) is 104 Å². The molecule has 0 amide bonds. The summed E-state index contributed by atoms with van der Waals surface area (Å²) in [5, 5.41) is 22.5. The van der Waals surface area contributed by atoms with Crippen molar-refractivity contribution in [1.82, 2.24) is 4.57 Å². The second-order valence-corrected chi connectivity index (χ2v) is 6.94. The standard InChI is InChI=1S/C23H14F3N3O4/c24-23(25,26)17-9-3-5-11-19(17)28-21(30)15-8-2-1-7-14(15)16(22(28)31)13-27-18-10-4-6-12-20(18)29(32)33/h1-13,31H. The number of aromatic hydroxyl groups is 1. The fourth-order valence-electron chi connectivity index (χ4n) is 3.48. The van der Waals surface area contributed by atoms with Crippen molar-refractivity contribution in [2.75, 3.05) is 0 Å². The maximum atomic E-state index is 13.6. The number of fused-ring (bicyclic) bond motifs is 1. The maximum Gasteiger partial charge on any atom is 0.418 e. The fourth-order valence-corrected chi connectivity index (χ4v) is 3.48. The molecule has 33 heavy (non-hydrogen) atoms. The monoisotopic (exact) mass is 453 g/mol. The van der Waals surface area contributed by atoms with Gasteiger partial charge in [0.15, 0.2) is 0 Å². The number of alkyl halides is 3. The number of halogens is 3. The molecule has 0 radical (unpaired) electrons. The normalized spacial score (nSPS) is 11.8. The van der Waals surface area contributed by atoms with Gasteiger partial charge >= 0.3 is 6.18 Å². The van der Waals surface area contributed by atoms with Gasteiger partial charge in [0.1, 0.15) is 5.69 Å². The zero-order valence-electron chi connectivity index (χ0n) is 16.7. The van der Waals surface area contributed by atoms with Crippen molar-refractivity contribution < 1.29 is 23.2 Å². The molecule has 1 heterocycles. The van der Waals surface area contributed by atoms with Crippen molar-refractivity contribution >= 4 is 28.4 Å². The van der Waals surface area contributed by atoms with E-state index >= 15 is 0 Å². The smallest absolute Gasteiger partial charge is 0.418 e. The second kappa shape index (κ2) is 8.23. The molecule has 1 aromatic heterocycles. The molecule has 4 rings (SSSR count). The summed E-state index contributed by atoms with van der Waals surface area (Å²) >= 11 is 0. The quantitative estimate of drug-likeness (QED) is 0.255. The Morgan fingerprint density at radius 2 is 1.55 bits per heavy atom. The van der Waals surface area contributed by atoms with Gasteiger partial charge in [-0.2, -0.15) is 13.2 Å². The van der Waals surface area contributed by atoms with E-state index in [1.807, 2.05) is 0 Å². The van der Waals surface area contributed by atoms with Crippen molar-refractivity contribution in [3.63, 3.8) is 0 Å². The molecule has 3 aromatic carbocycles. The third-order valence-electron chi connectivity index (χ3n) is 4.96. The predicted octanol–water partition coefficient (Wildman–Crippen LogP) is 5.37. The molecule has 0 bridgehead atoms. The summed E-state index contributed by atoms with van der Waals surface area (Å²) in [6.45, 7) is 0. The first-order chi connectivity index (χ1) is 15.7. The summed E-state index contributed by atoms with van der Waals surface area (Å²) < 4.78 is 41.4. The minimum atomic E-state index is -4.78. The molecule has 0 aliphatic rings. The van der Waals surface area contributed by atoms with Crippen LogP contribution in [0.5, 0.6) is 5.88 Å². The van der Waals surface area contributed by atoms with E-state index in [0.29, 0.717) is 4.57 Å². The Bertz CT molecular complexity index is 1480. The van der Waals surface area contributed by atoms with E-state index in [4.69, 9.17) is 0 Å². The van der Waals surface area contributed by atoms with Crippen LogP contribution in [0.2, 0.25) is 0 Å². The molecule has 0 aliphatic heterocycles. The van der Waals surface area contributed by atoms with Gasteiger partial charge in [-0.1, -0.05) is 42.5 Å². The lowest BCUT2D eigenvalue weighted by Gasteiger charge is -2.18. The van der Waals surface area contributed by atoms with Crippen LogP contribution in [0.25, 0.3) is 16.5 Å². The van der Waals surface area contributed by atoms with Gasteiger partial charge in [-0.25, -0.2) is 9.56 Å². The number of aliphatic imine (C=N–C) groups is 1. The third kappa shape index (κ3) is 3.93. The number of pyridine rings is 1. The third-order valence-corrected chi connectivity index (χ3v) is 4.96. The number of para-hydroxylation sites is 3.